The molecule has 0 aromatic heterocycles. The molecule has 0 aliphatic rings. The van der Waals surface area contributed by atoms with Crippen LogP contribution in [0, 0.1) is 0 Å². The maximum Gasteiger partial charge on any atom is 0.338 e. The van der Waals surface area contributed by atoms with Crippen LogP contribution in [0.4, 0.5) is 0 Å². The SMILES string of the molecule is CCC(=O)OCOC(=O)CC.CCOC(=O)c1ccc(C(=O)OCC)cc1. The molecule has 0 aliphatic carbocycles. The largest absolute Gasteiger partial charge is 0.462 e. The van der Waals surface area contributed by atoms with Gasteiger partial charge in [0.05, 0.1) is 24.3 Å². The van der Waals surface area contributed by atoms with Gasteiger partial charge in [-0.25, -0.2) is 9.59 Å². The Bertz CT molecular complexity index is 554. The first kappa shape index (κ1) is 24.1. The third-order valence-corrected chi connectivity index (χ3v) is 2.92. The van der Waals surface area contributed by atoms with Gasteiger partial charge in [0, 0.05) is 12.8 Å². The Balaban J connectivity index is 0.000000541. The van der Waals surface area contributed by atoms with Crippen LogP contribution in [-0.4, -0.2) is 43.9 Å². The molecule has 1 aromatic carbocycles. The Morgan fingerprint density at radius 2 is 0.963 bits per heavy atom. The first-order chi connectivity index (χ1) is 12.9. The summed E-state index contributed by atoms with van der Waals surface area (Å²) in [5, 5.41) is 0. The lowest BCUT2D eigenvalue weighted by atomic mass is 10.1. The summed E-state index contributed by atoms with van der Waals surface area (Å²) in [5.41, 5.74) is 0.852. The topological polar surface area (TPSA) is 105 Å². The summed E-state index contributed by atoms with van der Waals surface area (Å²) in [6, 6.07) is 6.18. The third-order valence-electron chi connectivity index (χ3n) is 2.92. The second-order valence-electron chi connectivity index (χ2n) is 4.88. The molecule has 0 fully saturated rings. The van der Waals surface area contributed by atoms with E-state index in [1.165, 1.54) is 0 Å². The number of benzene rings is 1. The van der Waals surface area contributed by atoms with E-state index in [9.17, 15) is 19.2 Å². The average Bonchev–Trinajstić information content (AvgIpc) is 2.68. The van der Waals surface area contributed by atoms with Crippen LogP contribution in [0.2, 0.25) is 0 Å². The molecule has 0 bridgehead atoms. The number of carbonyl (C=O) groups excluding carboxylic acids is 4. The quantitative estimate of drug-likeness (QED) is 0.384. The molecule has 0 saturated heterocycles. The summed E-state index contributed by atoms with van der Waals surface area (Å²) in [4.78, 5) is 43.6. The molecule has 27 heavy (non-hydrogen) atoms. The molecule has 1 aromatic rings. The van der Waals surface area contributed by atoms with Crippen molar-refractivity contribution in [2.75, 3.05) is 20.0 Å². The molecule has 0 saturated carbocycles. The molecular formula is C19H26O8. The van der Waals surface area contributed by atoms with Crippen molar-refractivity contribution in [3.8, 4) is 0 Å². The summed E-state index contributed by atoms with van der Waals surface area (Å²) in [5.74, 6) is -1.52. The first-order valence-electron chi connectivity index (χ1n) is 8.64. The molecule has 0 heterocycles. The third kappa shape index (κ3) is 10.6. The van der Waals surface area contributed by atoms with Gasteiger partial charge in [-0.3, -0.25) is 9.59 Å². The molecular weight excluding hydrogens is 356 g/mol. The zero-order chi connectivity index (χ0) is 20.7. The van der Waals surface area contributed by atoms with Crippen molar-refractivity contribution in [2.45, 2.75) is 40.5 Å². The molecule has 0 amide bonds. The van der Waals surface area contributed by atoms with Gasteiger partial charge in [-0.15, -0.1) is 0 Å². The van der Waals surface area contributed by atoms with Crippen LogP contribution >= 0.6 is 0 Å². The van der Waals surface area contributed by atoms with Crippen LogP contribution in [0.25, 0.3) is 0 Å². The number of rotatable bonds is 8. The number of hydrogen-bond acceptors (Lipinski definition) is 8. The maximum absolute atomic E-state index is 11.3. The van der Waals surface area contributed by atoms with Crippen molar-refractivity contribution in [3.63, 3.8) is 0 Å². The lowest BCUT2D eigenvalue weighted by molar-refractivity contribution is -0.166. The van der Waals surface area contributed by atoms with Crippen LogP contribution < -0.4 is 0 Å². The van der Waals surface area contributed by atoms with E-state index in [1.807, 2.05) is 0 Å². The average molecular weight is 382 g/mol. The van der Waals surface area contributed by atoms with Gasteiger partial charge in [0.25, 0.3) is 0 Å². The fraction of sp³-hybridized carbons (Fsp3) is 0.474. The maximum atomic E-state index is 11.3. The highest BCUT2D eigenvalue weighted by Gasteiger charge is 2.09. The van der Waals surface area contributed by atoms with Crippen LogP contribution in [0.1, 0.15) is 61.3 Å². The molecule has 0 spiro atoms. The van der Waals surface area contributed by atoms with Crippen LogP contribution in [0.5, 0.6) is 0 Å². The van der Waals surface area contributed by atoms with E-state index < -0.39 is 11.9 Å². The highest BCUT2D eigenvalue weighted by Crippen LogP contribution is 2.07. The van der Waals surface area contributed by atoms with E-state index in [-0.39, 0.29) is 18.7 Å². The van der Waals surface area contributed by atoms with Gasteiger partial charge >= 0.3 is 23.9 Å². The van der Waals surface area contributed by atoms with Crippen molar-refractivity contribution >= 4 is 23.9 Å². The number of carbonyl (C=O) groups is 4. The van der Waals surface area contributed by atoms with Crippen molar-refractivity contribution in [2.24, 2.45) is 0 Å². The van der Waals surface area contributed by atoms with Crippen molar-refractivity contribution in [1.82, 2.24) is 0 Å². The van der Waals surface area contributed by atoms with Crippen LogP contribution in [0.15, 0.2) is 24.3 Å². The van der Waals surface area contributed by atoms with Crippen molar-refractivity contribution in [3.05, 3.63) is 35.4 Å². The highest BCUT2D eigenvalue weighted by molar-refractivity contribution is 5.93. The Labute approximate surface area is 158 Å². The van der Waals surface area contributed by atoms with Gasteiger partial charge in [-0.1, -0.05) is 13.8 Å². The van der Waals surface area contributed by atoms with Gasteiger partial charge in [0.1, 0.15) is 0 Å². The fourth-order valence-corrected chi connectivity index (χ4v) is 1.54. The van der Waals surface area contributed by atoms with Crippen LogP contribution in [0.3, 0.4) is 0 Å². The second kappa shape index (κ2) is 14.3. The van der Waals surface area contributed by atoms with Gasteiger partial charge in [0.15, 0.2) is 0 Å². The molecule has 0 radical (unpaired) electrons. The summed E-state index contributed by atoms with van der Waals surface area (Å²) in [6.07, 6.45) is 0.591. The Hall–Kier alpha value is -2.90. The number of esters is 4. The van der Waals surface area contributed by atoms with E-state index >= 15 is 0 Å². The van der Waals surface area contributed by atoms with Crippen molar-refractivity contribution in [1.29, 1.82) is 0 Å². The van der Waals surface area contributed by atoms with E-state index in [0.29, 0.717) is 37.2 Å². The number of ether oxygens (including phenoxy) is 4. The van der Waals surface area contributed by atoms with Crippen LogP contribution in [-0.2, 0) is 28.5 Å². The summed E-state index contributed by atoms with van der Waals surface area (Å²) in [6.45, 7) is 7.22. The van der Waals surface area contributed by atoms with E-state index in [1.54, 1.807) is 52.0 Å². The standard InChI is InChI=1S/C12H14O4.C7H12O4/c1-3-15-11(13)9-5-7-10(8-6-9)12(14)16-4-2;1-3-6(8)10-5-11-7(9)4-2/h5-8H,3-4H2,1-2H3;3-5H2,1-2H3. The number of hydrogen-bond donors (Lipinski definition) is 0. The minimum Gasteiger partial charge on any atom is -0.462 e. The molecule has 0 N–H and O–H groups in total. The Morgan fingerprint density at radius 3 is 1.22 bits per heavy atom. The summed E-state index contributed by atoms with van der Waals surface area (Å²) < 4.78 is 18.6. The molecule has 0 unspecified atom stereocenters. The summed E-state index contributed by atoms with van der Waals surface area (Å²) >= 11 is 0. The lowest BCUT2D eigenvalue weighted by Crippen LogP contribution is -2.10. The monoisotopic (exact) mass is 382 g/mol. The minimum atomic E-state index is -0.391. The highest BCUT2D eigenvalue weighted by atomic mass is 16.7. The molecule has 8 nitrogen and oxygen atoms in total. The minimum absolute atomic E-state index is 0.265. The molecule has 8 heteroatoms. The second-order valence-corrected chi connectivity index (χ2v) is 4.88. The lowest BCUT2D eigenvalue weighted by Gasteiger charge is -2.03. The first-order valence-corrected chi connectivity index (χ1v) is 8.64. The molecule has 1 rings (SSSR count). The molecule has 0 aliphatic heterocycles. The zero-order valence-corrected chi connectivity index (χ0v) is 16.1. The van der Waals surface area contributed by atoms with Gasteiger partial charge in [-0.2, -0.15) is 0 Å². The predicted molar refractivity (Wildman–Crippen MR) is 96.0 cm³/mol. The smallest absolute Gasteiger partial charge is 0.338 e. The van der Waals surface area contributed by atoms with E-state index in [2.05, 4.69) is 9.47 Å². The van der Waals surface area contributed by atoms with E-state index in [4.69, 9.17) is 9.47 Å². The van der Waals surface area contributed by atoms with Gasteiger partial charge in [0.2, 0.25) is 6.79 Å². The van der Waals surface area contributed by atoms with Crippen molar-refractivity contribution < 1.29 is 38.1 Å². The Kier molecular flexibility index (Phi) is 12.8. The normalized spacial score (nSPS) is 9.33. The predicted octanol–water partition coefficient (Wildman–Crippen LogP) is 2.89. The zero-order valence-electron chi connectivity index (χ0n) is 16.1. The Morgan fingerprint density at radius 1 is 0.630 bits per heavy atom. The van der Waals surface area contributed by atoms with E-state index in [0.717, 1.165) is 0 Å². The fourth-order valence-electron chi connectivity index (χ4n) is 1.54. The molecule has 0 atom stereocenters. The molecule has 150 valence electrons. The summed E-state index contributed by atoms with van der Waals surface area (Å²) in [7, 11) is 0. The van der Waals surface area contributed by atoms with Gasteiger partial charge < -0.3 is 18.9 Å². The van der Waals surface area contributed by atoms with Gasteiger partial charge in [-0.05, 0) is 38.1 Å².